The fourth-order valence-electron chi connectivity index (χ4n) is 4.59. The summed E-state index contributed by atoms with van der Waals surface area (Å²) in [5.41, 5.74) is 2.49. The van der Waals surface area contributed by atoms with E-state index in [4.69, 9.17) is 29.2 Å². The van der Waals surface area contributed by atoms with Gasteiger partial charge < -0.3 is 24.5 Å². The van der Waals surface area contributed by atoms with Gasteiger partial charge in [0.2, 0.25) is 0 Å². The molecular weight excluding hydrogens is 562 g/mol. The number of hydrogen-bond donors (Lipinski definition) is 3. The van der Waals surface area contributed by atoms with Crippen LogP contribution >= 0.6 is 0 Å². The summed E-state index contributed by atoms with van der Waals surface area (Å²) in [6, 6.07) is 14.8. The molecule has 3 N–H and O–H groups in total. The highest BCUT2D eigenvalue weighted by atomic mass is 19.4. The summed E-state index contributed by atoms with van der Waals surface area (Å²) in [5.74, 6) is -2.25. The van der Waals surface area contributed by atoms with E-state index in [0.717, 1.165) is 57.1 Å². The Bertz CT molecular complexity index is 1290. The molecule has 2 aliphatic heterocycles. The zero-order chi connectivity index (χ0) is 30.4. The predicted octanol–water partition coefficient (Wildman–Crippen LogP) is 4.81. The molecule has 0 bridgehead atoms. The van der Waals surface area contributed by atoms with E-state index in [0.29, 0.717) is 0 Å². The van der Waals surface area contributed by atoms with Gasteiger partial charge >= 0.3 is 24.3 Å². The number of fused-ring (bicyclic) bond motifs is 2. The predicted molar refractivity (Wildman–Crippen MR) is 133 cm³/mol. The lowest BCUT2D eigenvalue weighted by atomic mass is 9.85. The van der Waals surface area contributed by atoms with Crippen LogP contribution < -0.4 is 5.32 Å². The first-order chi connectivity index (χ1) is 19.1. The van der Waals surface area contributed by atoms with Crippen LogP contribution in [0.15, 0.2) is 53.1 Å². The van der Waals surface area contributed by atoms with Gasteiger partial charge in [-0.05, 0) is 37.5 Å². The Labute approximate surface area is 230 Å². The molecule has 0 unspecified atom stereocenters. The summed E-state index contributed by atoms with van der Waals surface area (Å²) in [6.07, 6.45) is -5.95. The quantitative estimate of drug-likeness (QED) is 0.372. The fourth-order valence-corrected chi connectivity index (χ4v) is 4.59. The molecule has 1 fully saturated rings. The first-order valence-corrected chi connectivity index (χ1v) is 12.4. The third-order valence-electron chi connectivity index (χ3n) is 6.52. The van der Waals surface area contributed by atoms with Gasteiger partial charge in [0.25, 0.3) is 0 Å². The van der Waals surface area contributed by atoms with E-state index in [1.165, 1.54) is 17.1 Å². The van der Waals surface area contributed by atoms with E-state index < -0.39 is 24.3 Å². The minimum Gasteiger partial charge on any atom is -0.475 e. The average Bonchev–Trinajstić information content (AvgIpc) is 3.52. The third-order valence-corrected chi connectivity index (χ3v) is 6.52. The van der Waals surface area contributed by atoms with Gasteiger partial charge in [-0.15, -0.1) is 0 Å². The molecule has 0 radical (unpaired) electrons. The normalized spacial score (nSPS) is 16.6. The average molecular weight is 591 g/mol. The van der Waals surface area contributed by atoms with Crippen LogP contribution in [0.3, 0.4) is 0 Å². The largest absolute Gasteiger partial charge is 0.490 e. The van der Waals surface area contributed by atoms with Gasteiger partial charge in [-0.2, -0.15) is 26.3 Å². The topological polar surface area (TPSA) is 121 Å². The number of carboxylic acids is 2. The number of aryl methyl sites for hydroxylation is 1. The van der Waals surface area contributed by atoms with Gasteiger partial charge in [-0.25, -0.2) is 14.6 Å². The number of nitrogens with one attached hydrogen (secondary N) is 1. The number of alkyl halides is 6. The lowest BCUT2D eigenvalue weighted by molar-refractivity contribution is -0.193. The van der Waals surface area contributed by atoms with Crippen molar-refractivity contribution >= 4 is 11.9 Å². The minimum atomic E-state index is -5.08. The molecule has 1 spiro atoms. The molecule has 0 aliphatic carbocycles. The number of piperidine rings is 1. The summed E-state index contributed by atoms with van der Waals surface area (Å²) < 4.78 is 71.7. The van der Waals surface area contributed by atoms with Crippen molar-refractivity contribution in [1.29, 1.82) is 0 Å². The molecule has 1 saturated heterocycles. The maximum absolute atomic E-state index is 10.6. The minimum absolute atomic E-state index is 0.000854. The molecule has 5 rings (SSSR count). The number of furan rings is 1. The fraction of sp³-hybridized carbons (Fsp3) is 0.423. The Hall–Kier alpha value is -3.85. The van der Waals surface area contributed by atoms with E-state index in [-0.39, 0.29) is 5.54 Å². The lowest BCUT2D eigenvalue weighted by Gasteiger charge is -2.44. The molecule has 224 valence electrons. The van der Waals surface area contributed by atoms with Crippen molar-refractivity contribution in [2.75, 3.05) is 19.6 Å². The van der Waals surface area contributed by atoms with E-state index in [2.05, 4.69) is 57.4 Å². The van der Waals surface area contributed by atoms with Crippen LogP contribution in [0.2, 0.25) is 0 Å². The number of carbonyl (C=O) groups is 2. The molecule has 2 aromatic heterocycles. The molecule has 0 saturated carbocycles. The van der Waals surface area contributed by atoms with Crippen molar-refractivity contribution < 1.29 is 50.6 Å². The van der Waals surface area contributed by atoms with Gasteiger partial charge in [0.15, 0.2) is 0 Å². The number of imidazole rings is 1. The lowest BCUT2D eigenvalue weighted by Crippen LogP contribution is -2.55. The van der Waals surface area contributed by atoms with Crippen LogP contribution in [0.1, 0.15) is 30.2 Å². The molecule has 15 heteroatoms. The number of benzene rings is 1. The highest BCUT2D eigenvalue weighted by Gasteiger charge is 2.42. The summed E-state index contributed by atoms with van der Waals surface area (Å²) in [7, 11) is 0. The number of halogens is 6. The zero-order valence-electron chi connectivity index (χ0n) is 21.8. The maximum Gasteiger partial charge on any atom is 0.490 e. The molecule has 1 aromatic carbocycles. The highest BCUT2D eigenvalue weighted by Crippen LogP contribution is 2.37. The molecule has 0 amide bonds. The number of carboxylic acid groups (broad SMARTS) is 2. The Balaban J connectivity index is 0.000000276. The van der Waals surface area contributed by atoms with Crippen LogP contribution in [-0.2, 0) is 28.2 Å². The summed E-state index contributed by atoms with van der Waals surface area (Å²) >= 11 is 0. The molecule has 41 heavy (non-hydrogen) atoms. The Morgan fingerprint density at radius 3 is 2.00 bits per heavy atom. The summed E-state index contributed by atoms with van der Waals surface area (Å²) in [6.45, 7) is 7.00. The molecule has 2 aliphatic rings. The number of aromatic nitrogens is 2. The first kappa shape index (κ1) is 31.7. The Kier molecular flexibility index (Phi) is 9.86. The van der Waals surface area contributed by atoms with Crippen LogP contribution in [-0.4, -0.2) is 68.6 Å². The van der Waals surface area contributed by atoms with Crippen molar-refractivity contribution in [3.8, 4) is 11.3 Å². The van der Waals surface area contributed by atoms with E-state index in [1.54, 1.807) is 0 Å². The van der Waals surface area contributed by atoms with Crippen molar-refractivity contribution in [2.24, 2.45) is 0 Å². The standard InChI is InChI=1S/C22H26N4O.2C2HF3O2/c1-17-7-8-19(27-17)16-25-12-9-22(10-13-25)21-23-15-20(26(21)14-11-24-22)18-5-3-2-4-6-18;2*3-2(4,5)1(6)7/h2-8,15,24H,9-14,16H2,1H3;2*(H,6,7). The first-order valence-electron chi connectivity index (χ1n) is 12.4. The van der Waals surface area contributed by atoms with Crippen LogP contribution in [0.25, 0.3) is 11.3 Å². The summed E-state index contributed by atoms with van der Waals surface area (Å²) in [4.78, 5) is 25.2. The van der Waals surface area contributed by atoms with E-state index in [9.17, 15) is 26.3 Å². The van der Waals surface area contributed by atoms with Crippen LogP contribution in [0, 0.1) is 6.92 Å². The second-order valence-corrected chi connectivity index (χ2v) is 9.39. The van der Waals surface area contributed by atoms with Gasteiger partial charge in [0.05, 0.1) is 24.0 Å². The summed E-state index contributed by atoms with van der Waals surface area (Å²) in [5, 5.41) is 18.1. The third kappa shape index (κ3) is 8.33. The second kappa shape index (κ2) is 12.8. The maximum atomic E-state index is 10.6. The van der Waals surface area contributed by atoms with Crippen molar-refractivity contribution in [3.05, 3.63) is 66.0 Å². The van der Waals surface area contributed by atoms with Gasteiger partial charge in [0, 0.05) is 26.2 Å². The monoisotopic (exact) mass is 590 g/mol. The molecule has 4 heterocycles. The molecule has 3 aromatic rings. The number of nitrogens with zero attached hydrogens (tertiary/aromatic N) is 3. The van der Waals surface area contributed by atoms with Crippen LogP contribution in [0.5, 0.6) is 0 Å². The van der Waals surface area contributed by atoms with E-state index >= 15 is 0 Å². The Morgan fingerprint density at radius 2 is 1.51 bits per heavy atom. The van der Waals surface area contributed by atoms with Crippen molar-refractivity contribution in [3.63, 3.8) is 0 Å². The number of aliphatic carboxylic acids is 2. The second-order valence-electron chi connectivity index (χ2n) is 9.39. The SMILES string of the molecule is Cc1ccc(CN2CCC3(CC2)NCCn2c(-c4ccccc4)cnc23)o1.O=C(O)C(F)(F)F.O=C(O)C(F)(F)F. The zero-order valence-corrected chi connectivity index (χ0v) is 21.8. The van der Waals surface area contributed by atoms with Gasteiger partial charge in [-0.3, -0.25) is 4.90 Å². The highest BCUT2D eigenvalue weighted by molar-refractivity contribution is 5.73. The number of rotatable bonds is 3. The smallest absolute Gasteiger partial charge is 0.475 e. The van der Waals surface area contributed by atoms with Crippen LogP contribution in [0.4, 0.5) is 26.3 Å². The number of likely N-dealkylation sites (tertiary alicyclic amines) is 1. The van der Waals surface area contributed by atoms with Crippen molar-refractivity contribution in [2.45, 2.75) is 50.7 Å². The molecular formula is C26H28F6N4O5. The van der Waals surface area contributed by atoms with Gasteiger partial charge in [0.1, 0.15) is 17.3 Å². The van der Waals surface area contributed by atoms with Gasteiger partial charge in [-0.1, -0.05) is 30.3 Å². The molecule has 0 atom stereocenters. The Morgan fingerprint density at radius 1 is 0.951 bits per heavy atom. The molecule has 9 nitrogen and oxygen atoms in total. The number of hydrogen-bond acceptors (Lipinski definition) is 6. The van der Waals surface area contributed by atoms with E-state index in [1.807, 2.05) is 13.0 Å². The van der Waals surface area contributed by atoms with Crippen molar-refractivity contribution in [1.82, 2.24) is 19.8 Å².